The Morgan fingerprint density at radius 3 is 2.33 bits per heavy atom. The summed E-state index contributed by atoms with van der Waals surface area (Å²) in [5.41, 5.74) is 0.168. The van der Waals surface area contributed by atoms with E-state index in [1.165, 1.54) is 0 Å². The first-order valence-electron chi connectivity index (χ1n) is 7.50. The maximum absolute atomic E-state index is 12.5. The molecule has 2 aromatic rings. The second-order valence-electron chi connectivity index (χ2n) is 5.41. The number of alkyl halides is 3. The largest absolute Gasteiger partial charge is 0.416 e. The zero-order chi connectivity index (χ0) is 17.7. The molecular formula is C17H18F3N3O. The normalized spacial score (nSPS) is 12.5. The van der Waals surface area contributed by atoms with Crippen LogP contribution in [-0.2, 0) is 6.18 Å². The first kappa shape index (κ1) is 17.8. The van der Waals surface area contributed by atoms with Crippen LogP contribution < -0.4 is 10.6 Å². The number of hydrogen-bond acceptors (Lipinski definition) is 3. The second kappa shape index (κ2) is 7.33. The summed E-state index contributed by atoms with van der Waals surface area (Å²) in [6, 6.07) is 7.74. The number of benzene rings is 1. The van der Waals surface area contributed by atoms with Crippen LogP contribution in [0.4, 0.5) is 24.7 Å². The van der Waals surface area contributed by atoms with Gasteiger partial charge in [0.15, 0.2) is 0 Å². The third kappa shape index (κ3) is 4.71. The fraction of sp³-hybridized carbons (Fsp3) is 0.294. The average molecular weight is 337 g/mol. The maximum atomic E-state index is 12.5. The number of carbonyl (C=O) groups excluding carboxylic acids is 1. The quantitative estimate of drug-likeness (QED) is 0.841. The van der Waals surface area contributed by atoms with Crippen LogP contribution in [0, 0.1) is 0 Å². The predicted octanol–water partition coefficient (Wildman–Crippen LogP) is 4.56. The van der Waals surface area contributed by atoms with Gasteiger partial charge in [-0.3, -0.25) is 4.79 Å². The van der Waals surface area contributed by atoms with Gasteiger partial charge in [0, 0.05) is 11.6 Å². The molecule has 1 amide bonds. The lowest BCUT2D eigenvalue weighted by atomic mass is 10.1. The summed E-state index contributed by atoms with van der Waals surface area (Å²) in [6.07, 6.45) is -1.87. The zero-order valence-corrected chi connectivity index (χ0v) is 13.3. The molecule has 0 saturated carbocycles. The van der Waals surface area contributed by atoms with Gasteiger partial charge in [0.25, 0.3) is 5.91 Å². The van der Waals surface area contributed by atoms with E-state index in [-0.39, 0.29) is 5.56 Å². The number of halogens is 3. The van der Waals surface area contributed by atoms with Crippen molar-refractivity contribution in [2.45, 2.75) is 32.5 Å². The van der Waals surface area contributed by atoms with Crippen molar-refractivity contribution < 1.29 is 18.0 Å². The van der Waals surface area contributed by atoms with Crippen molar-refractivity contribution in [3.05, 3.63) is 53.7 Å². The lowest BCUT2D eigenvalue weighted by Crippen LogP contribution is -2.15. The lowest BCUT2D eigenvalue weighted by molar-refractivity contribution is -0.137. The molecule has 0 saturated heterocycles. The van der Waals surface area contributed by atoms with Crippen LogP contribution in [0.2, 0.25) is 0 Å². The van der Waals surface area contributed by atoms with Crippen molar-refractivity contribution in [3.63, 3.8) is 0 Å². The van der Waals surface area contributed by atoms with Gasteiger partial charge in [-0.2, -0.15) is 13.2 Å². The van der Waals surface area contributed by atoms with E-state index in [9.17, 15) is 18.0 Å². The number of amides is 1. The summed E-state index contributed by atoms with van der Waals surface area (Å²) in [5, 5.41) is 5.79. The molecule has 1 unspecified atom stereocenters. The van der Waals surface area contributed by atoms with Crippen LogP contribution in [0.25, 0.3) is 0 Å². The Kier molecular flexibility index (Phi) is 5.43. The smallest absolute Gasteiger partial charge is 0.381 e. The highest BCUT2D eigenvalue weighted by molar-refractivity contribution is 6.03. The molecule has 7 heteroatoms. The molecule has 24 heavy (non-hydrogen) atoms. The number of carbonyl (C=O) groups is 1. The summed E-state index contributed by atoms with van der Waals surface area (Å²) in [7, 11) is 0. The van der Waals surface area contributed by atoms with Gasteiger partial charge in [0.1, 0.15) is 5.82 Å². The minimum atomic E-state index is -4.42. The third-order valence-electron chi connectivity index (χ3n) is 3.50. The molecule has 2 N–H and O–H groups in total. The van der Waals surface area contributed by atoms with Gasteiger partial charge in [-0.15, -0.1) is 0 Å². The van der Waals surface area contributed by atoms with Crippen molar-refractivity contribution in [2.24, 2.45) is 0 Å². The summed E-state index contributed by atoms with van der Waals surface area (Å²) >= 11 is 0. The van der Waals surface area contributed by atoms with Crippen molar-refractivity contribution in [1.29, 1.82) is 0 Å². The molecule has 4 nitrogen and oxygen atoms in total. The van der Waals surface area contributed by atoms with Gasteiger partial charge in [-0.1, -0.05) is 6.92 Å². The van der Waals surface area contributed by atoms with Crippen molar-refractivity contribution >= 4 is 17.4 Å². The molecule has 0 spiro atoms. The summed E-state index contributed by atoms with van der Waals surface area (Å²) in [5.74, 6) is -0.187. The van der Waals surface area contributed by atoms with E-state index in [4.69, 9.17) is 0 Å². The Hall–Kier alpha value is -2.57. The summed E-state index contributed by atoms with van der Waals surface area (Å²) in [6.45, 7) is 4.10. The molecule has 128 valence electrons. The number of anilines is 2. The number of hydrogen-bond donors (Lipinski definition) is 2. The predicted molar refractivity (Wildman–Crippen MR) is 87.0 cm³/mol. The average Bonchev–Trinajstić information content (AvgIpc) is 2.55. The minimum absolute atomic E-state index is 0.131. The van der Waals surface area contributed by atoms with Gasteiger partial charge >= 0.3 is 6.18 Å². The number of nitrogens with zero attached hydrogens (tertiary/aromatic N) is 1. The number of nitrogens with one attached hydrogen (secondary N) is 2. The van der Waals surface area contributed by atoms with E-state index in [0.717, 1.165) is 36.4 Å². The lowest BCUT2D eigenvalue weighted by Gasteiger charge is -2.13. The molecule has 1 aromatic heterocycles. The van der Waals surface area contributed by atoms with Crippen LogP contribution in [0.1, 0.15) is 36.2 Å². The van der Waals surface area contributed by atoms with Gasteiger partial charge < -0.3 is 10.6 Å². The summed E-state index contributed by atoms with van der Waals surface area (Å²) in [4.78, 5) is 16.1. The molecule has 1 aromatic carbocycles. The van der Waals surface area contributed by atoms with Crippen LogP contribution in [0.15, 0.2) is 42.6 Å². The topological polar surface area (TPSA) is 54.0 Å². The Morgan fingerprint density at radius 1 is 1.17 bits per heavy atom. The van der Waals surface area contributed by atoms with Gasteiger partial charge in [-0.05, 0) is 49.7 Å². The fourth-order valence-corrected chi connectivity index (χ4v) is 1.94. The SMILES string of the molecule is CCC(C)Nc1ccc(NC(=O)c2ccc(C(F)(F)F)cc2)nc1. The second-order valence-corrected chi connectivity index (χ2v) is 5.41. The van der Waals surface area contributed by atoms with E-state index in [1.54, 1.807) is 18.3 Å². The van der Waals surface area contributed by atoms with Gasteiger partial charge in [0.2, 0.25) is 0 Å². The highest BCUT2D eigenvalue weighted by Gasteiger charge is 2.30. The van der Waals surface area contributed by atoms with Crippen LogP contribution >= 0.6 is 0 Å². The Bertz CT molecular complexity index is 682. The van der Waals surface area contributed by atoms with Crippen molar-refractivity contribution in [2.75, 3.05) is 10.6 Å². The first-order chi connectivity index (χ1) is 11.3. The van der Waals surface area contributed by atoms with Crippen LogP contribution in [0.5, 0.6) is 0 Å². The first-order valence-corrected chi connectivity index (χ1v) is 7.50. The molecule has 0 bridgehead atoms. The van der Waals surface area contributed by atoms with Crippen molar-refractivity contribution in [1.82, 2.24) is 4.98 Å². The molecule has 0 radical (unpaired) electrons. The Labute approximate surface area is 138 Å². The molecule has 1 heterocycles. The van der Waals surface area contributed by atoms with Gasteiger partial charge in [-0.25, -0.2) is 4.98 Å². The highest BCUT2D eigenvalue weighted by atomic mass is 19.4. The van der Waals surface area contributed by atoms with E-state index in [1.807, 2.05) is 6.92 Å². The monoisotopic (exact) mass is 337 g/mol. The van der Waals surface area contributed by atoms with E-state index in [0.29, 0.717) is 11.9 Å². The molecule has 2 rings (SSSR count). The van der Waals surface area contributed by atoms with E-state index in [2.05, 4.69) is 22.5 Å². The van der Waals surface area contributed by atoms with Crippen molar-refractivity contribution in [3.8, 4) is 0 Å². The number of aromatic nitrogens is 1. The molecule has 0 aliphatic heterocycles. The standard InChI is InChI=1S/C17H18F3N3O/c1-3-11(2)22-14-8-9-15(21-10-14)23-16(24)12-4-6-13(7-5-12)17(18,19)20/h4-11,22H,3H2,1-2H3,(H,21,23,24). The van der Waals surface area contributed by atoms with Crippen LogP contribution in [-0.4, -0.2) is 16.9 Å². The number of rotatable bonds is 5. The molecule has 0 aliphatic rings. The summed E-state index contributed by atoms with van der Waals surface area (Å²) < 4.78 is 37.5. The van der Waals surface area contributed by atoms with Crippen LogP contribution in [0.3, 0.4) is 0 Å². The third-order valence-corrected chi connectivity index (χ3v) is 3.50. The maximum Gasteiger partial charge on any atom is 0.416 e. The minimum Gasteiger partial charge on any atom is -0.381 e. The number of pyridine rings is 1. The zero-order valence-electron chi connectivity index (χ0n) is 13.3. The molecular weight excluding hydrogens is 319 g/mol. The van der Waals surface area contributed by atoms with E-state index < -0.39 is 17.6 Å². The molecule has 0 aliphatic carbocycles. The highest BCUT2D eigenvalue weighted by Crippen LogP contribution is 2.29. The fourth-order valence-electron chi connectivity index (χ4n) is 1.94. The Balaban J connectivity index is 2.01. The van der Waals surface area contributed by atoms with Gasteiger partial charge in [0.05, 0.1) is 17.4 Å². The van der Waals surface area contributed by atoms with E-state index >= 15 is 0 Å². The molecule has 1 atom stereocenters. The Morgan fingerprint density at radius 2 is 1.83 bits per heavy atom. The molecule has 0 fully saturated rings.